The van der Waals surface area contributed by atoms with Gasteiger partial charge in [0.1, 0.15) is 0 Å². The van der Waals surface area contributed by atoms with Gasteiger partial charge in [-0.25, -0.2) is 0 Å². The third kappa shape index (κ3) is 2.73. The molecule has 4 rings (SSSR count). The molecular formula is C20H13Cl3N2O. The summed E-state index contributed by atoms with van der Waals surface area (Å²) in [5, 5.41) is 3.48. The van der Waals surface area contributed by atoms with E-state index in [4.69, 9.17) is 40.5 Å². The van der Waals surface area contributed by atoms with Crippen LogP contribution >= 0.6 is 34.8 Å². The number of rotatable bonds is 3. The lowest BCUT2D eigenvalue weighted by atomic mass is 10.1. The average Bonchev–Trinajstić information content (AvgIpc) is 2.91. The van der Waals surface area contributed by atoms with E-state index in [9.17, 15) is 4.79 Å². The summed E-state index contributed by atoms with van der Waals surface area (Å²) in [5.74, 6) is -0.472. The topological polar surface area (TPSA) is 48.0 Å². The van der Waals surface area contributed by atoms with Gasteiger partial charge in [0.25, 0.3) is 0 Å². The first-order valence-corrected chi connectivity index (χ1v) is 9.04. The SMILES string of the molecule is NC(=O)c1cccc2c1c1ccc(Cl)cc1n2Cc1c(Cl)cccc1Cl. The lowest BCUT2D eigenvalue weighted by molar-refractivity contribution is 0.100. The van der Waals surface area contributed by atoms with Crippen LogP contribution in [0.4, 0.5) is 0 Å². The maximum atomic E-state index is 11.9. The Morgan fingerprint density at radius 3 is 2.31 bits per heavy atom. The highest BCUT2D eigenvalue weighted by Crippen LogP contribution is 2.35. The summed E-state index contributed by atoms with van der Waals surface area (Å²) in [4.78, 5) is 11.9. The highest BCUT2D eigenvalue weighted by Gasteiger charge is 2.18. The third-order valence-electron chi connectivity index (χ3n) is 4.50. The molecule has 0 atom stereocenters. The molecule has 0 bridgehead atoms. The van der Waals surface area contributed by atoms with E-state index >= 15 is 0 Å². The lowest BCUT2D eigenvalue weighted by Gasteiger charge is -2.11. The lowest BCUT2D eigenvalue weighted by Crippen LogP contribution is -2.11. The van der Waals surface area contributed by atoms with Crippen molar-refractivity contribution in [2.75, 3.05) is 0 Å². The monoisotopic (exact) mass is 402 g/mol. The quantitative estimate of drug-likeness (QED) is 0.455. The molecule has 0 aliphatic carbocycles. The zero-order valence-electron chi connectivity index (χ0n) is 13.5. The van der Waals surface area contributed by atoms with E-state index < -0.39 is 5.91 Å². The minimum absolute atomic E-state index is 0.446. The summed E-state index contributed by atoms with van der Waals surface area (Å²) in [6.45, 7) is 0.446. The first kappa shape index (κ1) is 17.2. The van der Waals surface area contributed by atoms with Crippen LogP contribution in [0.5, 0.6) is 0 Å². The Bertz CT molecular complexity index is 1160. The molecule has 1 amide bonds. The van der Waals surface area contributed by atoms with Gasteiger partial charge in [-0.1, -0.05) is 53.0 Å². The summed E-state index contributed by atoms with van der Waals surface area (Å²) >= 11 is 19.0. The summed E-state index contributed by atoms with van der Waals surface area (Å²) in [7, 11) is 0. The molecule has 26 heavy (non-hydrogen) atoms. The van der Waals surface area contributed by atoms with Crippen molar-refractivity contribution in [1.29, 1.82) is 0 Å². The second-order valence-electron chi connectivity index (χ2n) is 6.01. The highest BCUT2D eigenvalue weighted by atomic mass is 35.5. The van der Waals surface area contributed by atoms with E-state index in [-0.39, 0.29) is 0 Å². The molecule has 6 heteroatoms. The fourth-order valence-electron chi connectivity index (χ4n) is 3.33. The van der Waals surface area contributed by atoms with Crippen molar-refractivity contribution in [2.24, 2.45) is 5.73 Å². The maximum absolute atomic E-state index is 11.9. The van der Waals surface area contributed by atoms with Crippen LogP contribution in [0.2, 0.25) is 15.1 Å². The van der Waals surface area contributed by atoms with E-state index in [1.807, 2.05) is 30.3 Å². The summed E-state index contributed by atoms with van der Waals surface area (Å²) < 4.78 is 2.05. The van der Waals surface area contributed by atoms with Crippen LogP contribution in [0.3, 0.4) is 0 Å². The predicted octanol–water partition coefficient (Wildman–Crippen LogP) is 5.90. The first-order chi connectivity index (χ1) is 12.5. The Balaban J connectivity index is 2.09. The Hall–Kier alpha value is -2.20. The minimum Gasteiger partial charge on any atom is -0.366 e. The number of hydrogen-bond acceptors (Lipinski definition) is 1. The van der Waals surface area contributed by atoms with Gasteiger partial charge in [0, 0.05) is 37.0 Å². The standard InChI is InChI=1S/C20H13Cl3N2O/c21-11-7-8-12-18(9-11)25(10-14-15(22)4-2-5-16(14)23)17-6-1-3-13(19(12)17)20(24)26/h1-9H,10H2,(H2,24,26). The molecule has 3 nitrogen and oxygen atoms in total. The number of nitrogens with two attached hydrogens (primary N) is 1. The zero-order valence-corrected chi connectivity index (χ0v) is 15.7. The molecule has 0 radical (unpaired) electrons. The van der Waals surface area contributed by atoms with Gasteiger partial charge in [-0.05, 0) is 36.4 Å². The zero-order chi connectivity index (χ0) is 18.4. The molecule has 130 valence electrons. The van der Waals surface area contributed by atoms with Gasteiger partial charge < -0.3 is 10.3 Å². The average molecular weight is 404 g/mol. The van der Waals surface area contributed by atoms with Crippen LogP contribution in [0.1, 0.15) is 15.9 Å². The van der Waals surface area contributed by atoms with Crippen molar-refractivity contribution < 1.29 is 4.79 Å². The van der Waals surface area contributed by atoms with E-state index in [2.05, 4.69) is 4.57 Å². The van der Waals surface area contributed by atoms with E-state index in [1.54, 1.807) is 24.3 Å². The van der Waals surface area contributed by atoms with Crippen LogP contribution in [0.15, 0.2) is 54.6 Å². The number of carbonyl (C=O) groups excluding carboxylic acids is 1. The molecule has 0 saturated heterocycles. The normalized spacial score (nSPS) is 11.3. The van der Waals surface area contributed by atoms with Crippen molar-refractivity contribution in [3.8, 4) is 0 Å². The number of carbonyl (C=O) groups is 1. The molecule has 1 heterocycles. The van der Waals surface area contributed by atoms with Crippen molar-refractivity contribution >= 4 is 62.5 Å². The largest absolute Gasteiger partial charge is 0.366 e. The number of aromatic nitrogens is 1. The van der Waals surface area contributed by atoms with Crippen LogP contribution in [0, 0.1) is 0 Å². The molecule has 1 aromatic heterocycles. The number of fused-ring (bicyclic) bond motifs is 3. The number of primary amides is 1. The molecule has 0 fully saturated rings. The fourth-order valence-corrected chi connectivity index (χ4v) is 4.02. The molecule has 0 aliphatic heterocycles. The van der Waals surface area contributed by atoms with Crippen molar-refractivity contribution in [3.05, 3.63) is 80.8 Å². The van der Waals surface area contributed by atoms with E-state index in [0.29, 0.717) is 27.2 Å². The van der Waals surface area contributed by atoms with Crippen LogP contribution < -0.4 is 5.73 Å². The fraction of sp³-hybridized carbons (Fsp3) is 0.0500. The van der Waals surface area contributed by atoms with Gasteiger partial charge in [0.05, 0.1) is 17.6 Å². The Morgan fingerprint density at radius 2 is 1.62 bits per heavy atom. The molecule has 0 unspecified atom stereocenters. The number of halogens is 3. The smallest absolute Gasteiger partial charge is 0.249 e. The third-order valence-corrected chi connectivity index (χ3v) is 5.44. The molecular weight excluding hydrogens is 391 g/mol. The van der Waals surface area contributed by atoms with Gasteiger partial charge in [-0.2, -0.15) is 0 Å². The van der Waals surface area contributed by atoms with Crippen LogP contribution in [-0.2, 0) is 6.54 Å². The van der Waals surface area contributed by atoms with Crippen molar-refractivity contribution in [3.63, 3.8) is 0 Å². The van der Waals surface area contributed by atoms with Gasteiger partial charge in [-0.3, -0.25) is 4.79 Å². The van der Waals surface area contributed by atoms with Crippen molar-refractivity contribution in [2.45, 2.75) is 6.54 Å². The second-order valence-corrected chi connectivity index (χ2v) is 7.26. The molecule has 0 aliphatic rings. The number of nitrogens with zero attached hydrogens (tertiary/aromatic N) is 1. The second kappa shape index (κ2) is 6.51. The molecule has 0 spiro atoms. The minimum atomic E-state index is -0.472. The first-order valence-electron chi connectivity index (χ1n) is 7.90. The summed E-state index contributed by atoms with van der Waals surface area (Å²) in [6, 6.07) is 16.5. The number of amides is 1. The summed E-state index contributed by atoms with van der Waals surface area (Å²) in [5.41, 5.74) is 8.63. The summed E-state index contributed by atoms with van der Waals surface area (Å²) in [6.07, 6.45) is 0. The van der Waals surface area contributed by atoms with Gasteiger partial charge in [-0.15, -0.1) is 0 Å². The Labute approximate surface area is 164 Å². The number of hydrogen-bond donors (Lipinski definition) is 1. The maximum Gasteiger partial charge on any atom is 0.249 e. The number of benzene rings is 3. The van der Waals surface area contributed by atoms with Crippen molar-refractivity contribution in [1.82, 2.24) is 4.57 Å². The van der Waals surface area contributed by atoms with Gasteiger partial charge in [0.15, 0.2) is 0 Å². The van der Waals surface area contributed by atoms with E-state index in [0.717, 1.165) is 27.4 Å². The van der Waals surface area contributed by atoms with Gasteiger partial charge in [0.2, 0.25) is 5.91 Å². The Morgan fingerprint density at radius 1 is 0.923 bits per heavy atom. The highest BCUT2D eigenvalue weighted by molar-refractivity contribution is 6.36. The van der Waals surface area contributed by atoms with Crippen LogP contribution in [0.25, 0.3) is 21.8 Å². The van der Waals surface area contributed by atoms with Crippen LogP contribution in [-0.4, -0.2) is 10.5 Å². The van der Waals surface area contributed by atoms with E-state index in [1.165, 1.54) is 0 Å². The molecule has 2 N–H and O–H groups in total. The molecule has 0 saturated carbocycles. The van der Waals surface area contributed by atoms with Gasteiger partial charge >= 0.3 is 0 Å². The molecule has 4 aromatic rings. The molecule has 3 aromatic carbocycles. The predicted molar refractivity (Wildman–Crippen MR) is 109 cm³/mol. The Kier molecular flexibility index (Phi) is 4.31.